The standard InChI is InChI=1S/C53H88O6/c1-4-7-10-13-16-19-22-24-26-27-29-31-34-37-40-43-46-52(55)58-49-50(48-57-51(54)45-42-39-36-33-30-21-18-15-12-9-6-3)59-53(56)47-44-41-38-35-32-28-25-23-20-17-14-11-8-5-2/h7,9-10,12,16,18-19,21,24,26,29,31,33,36,50H,4-6,8,11,13-15,17,20,22-23,25,27-28,30,32,34-35,37-49H2,1-3H3/b10-7-,12-9-,19-16-,21-18-,26-24-,31-29-,36-33-. The van der Waals surface area contributed by atoms with Crippen molar-refractivity contribution in [1.29, 1.82) is 0 Å². The molecule has 0 aliphatic carbocycles. The lowest BCUT2D eigenvalue weighted by Gasteiger charge is -2.18. The molecule has 0 saturated heterocycles. The molecule has 0 aromatic heterocycles. The van der Waals surface area contributed by atoms with E-state index in [1.807, 2.05) is 0 Å². The monoisotopic (exact) mass is 821 g/mol. The van der Waals surface area contributed by atoms with E-state index in [0.29, 0.717) is 19.3 Å². The summed E-state index contributed by atoms with van der Waals surface area (Å²) in [5.74, 6) is -0.995. The number of allylic oxidation sites excluding steroid dienone is 14. The topological polar surface area (TPSA) is 78.9 Å². The van der Waals surface area contributed by atoms with Gasteiger partial charge in [-0.05, 0) is 83.5 Å². The largest absolute Gasteiger partial charge is 0.462 e. The van der Waals surface area contributed by atoms with Crippen LogP contribution in [0.1, 0.15) is 213 Å². The highest BCUT2D eigenvalue weighted by molar-refractivity contribution is 5.71. The van der Waals surface area contributed by atoms with Crippen LogP contribution in [0.5, 0.6) is 0 Å². The van der Waals surface area contributed by atoms with Gasteiger partial charge in [0.2, 0.25) is 0 Å². The first kappa shape index (κ1) is 55.6. The molecular formula is C53H88O6. The number of hydrogen-bond donors (Lipinski definition) is 0. The van der Waals surface area contributed by atoms with E-state index < -0.39 is 6.10 Å². The second-order valence-electron chi connectivity index (χ2n) is 15.6. The maximum absolute atomic E-state index is 12.8. The van der Waals surface area contributed by atoms with Gasteiger partial charge in [-0.3, -0.25) is 14.4 Å². The molecule has 0 aromatic rings. The summed E-state index contributed by atoms with van der Waals surface area (Å²) in [7, 11) is 0. The van der Waals surface area contributed by atoms with E-state index in [9.17, 15) is 14.4 Å². The van der Waals surface area contributed by atoms with Gasteiger partial charge in [0.05, 0.1) is 0 Å². The summed E-state index contributed by atoms with van der Waals surface area (Å²) in [6.45, 7) is 6.32. The highest BCUT2D eigenvalue weighted by Crippen LogP contribution is 2.14. The van der Waals surface area contributed by atoms with Crippen LogP contribution in [0, 0.1) is 0 Å². The highest BCUT2D eigenvalue weighted by atomic mass is 16.6. The van der Waals surface area contributed by atoms with Crippen LogP contribution in [0.25, 0.3) is 0 Å². The maximum Gasteiger partial charge on any atom is 0.306 e. The van der Waals surface area contributed by atoms with Crippen molar-refractivity contribution in [3.63, 3.8) is 0 Å². The maximum atomic E-state index is 12.8. The van der Waals surface area contributed by atoms with E-state index in [0.717, 1.165) is 96.3 Å². The average molecular weight is 821 g/mol. The van der Waals surface area contributed by atoms with Crippen molar-refractivity contribution in [2.75, 3.05) is 13.2 Å². The Kier molecular flexibility index (Phi) is 44.5. The molecule has 0 fully saturated rings. The molecule has 0 amide bonds. The Morgan fingerprint density at radius 2 is 0.678 bits per heavy atom. The molecule has 0 bridgehead atoms. The molecular weight excluding hydrogens is 733 g/mol. The zero-order valence-electron chi connectivity index (χ0n) is 38.2. The van der Waals surface area contributed by atoms with Crippen molar-refractivity contribution in [1.82, 2.24) is 0 Å². The summed E-state index contributed by atoms with van der Waals surface area (Å²) in [4.78, 5) is 37.8. The van der Waals surface area contributed by atoms with Crippen LogP contribution in [0.2, 0.25) is 0 Å². The fraction of sp³-hybridized carbons (Fsp3) is 0.679. The van der Waals surface area contributed by atoms with Gasteiger partial charge in [-0.1, -0.05) is 196 Å². The molecule has 0 rings (SSSR count). The summed E-state index contributed by atoms with van der Waals surface area (Å²) in [5, 5.41) is 0. The zero-order valence-corrected chi connectivity index (χ0v) is 38.2. The first-order chi connectivity index (χ1) is 29.0. The van der Waals surface area contributed by atoms with Crippen molar-refractivity contribution >= 4 is 17.9 Å². The molecule has 0 radical (unpaired) electrons. The Balaban J connectivity index is 4.48. The molecule has 0 aliphatic heterocycles. The number of carbonyl (C=O) groups excluding carboxylic acids is 3. The van der Waals surface area contributed by atoms with Crippen LogP contribution in [0.3, 0.4) is 0 Å². The number of ether oxygens (including phenoxy) is 3. The molecule has 0 N–H and O–H groups in total. The lowest BCUT2D eigenvalue weighted by Crippen LogP contribution is -2.30. The van der Waals surface area contributed by atoms with Crippen LogP contribution >= 0.6 is 0 Å². The van der Waals surface area contributed by atoms with E-state index >= 15 is 0 Å². The minimum absolute atomic E-state index is 0.108. The molecule has 0 spiro atoms. The molecule has 1 unspecified atom stereocenters. The smallest absolute Gasteiger partial charge is 0.306 e. The Labute approximate surface area is 363 Å². The normalized spacial score (nSPS) is 12.8. The quantitative estimate of drug-likeness (QED) is 0.0264. The van der Waals surface area contributed by atoms with Crippen LogP contribution in [0.4, 0.5) is 0 Å². The van der Waals surface area contributed by atoms with Gasteiger partial charge in [0.25, 0.3) is 0 Å². The summed E-state index contributed by atoms with van der Waals surface area (Å²) < 4.78 is 16.7. The molecule has 6 nitrogen and oxygen atoms in total. The van der Waals surface area contributed by atoms with Crippen LogP contribution in [-0.4, -0.2) is 37.2 Å². The van der Waals surface area contributed by atoms with Gasteiger partial charge in [0.1, 0.15) is 13.2 Å². The van der Waals surface area contributed by atoms with Crippen molar-refractivity contribution in [3.05, 3.63) is 85.1 Å². The minimum Gasteiger partial charge on any atom is -0.462 e. The van der Waals surface area contributed by atoms with Crippen LogP contribution < -0.4 is 0 Å². The molecule has 59 heavy (non-hydrogen) atoms. The van der Waals surface area contributed by atoms with Gasteiger partial charge in [-0.15, -0.1) is 0 Å². The Morgan fingerprint density at radius 3 is 1.10 bits per heavy atom. The molecule has 0 saturated carbocycles. The van der Waals surface area contributed by atoms with Gasteiger partial charge in [-0.2, -0.15) is 0 Å². The van der Waals surface area contributed by atoms with E-state index in [4.69, 9.17) is 14.2 Å². The molecule has 0 aromatic carbocycles. The van der Waals surface area contributed by atoms with Gasteiger partial charge < -0.3 is 14.2 Å². The van der Waals surface area contributed by atoms with Gasteiger partial charge in [-0.25, -0.2) is 0 Å². The van der Waals surface area contributed by atoms with Gasteiger partial charge >= 0.3 is 17.9 Å². The van der Waals surface area contributed by atoms with E-state index in [1.165, 1.54) is 70.6 Å². The summed E-state index contributed by atoms with van der Waals surface area (Å²) in [6.07, 6.45) is 60.0. The summed E-state index contributed by atoms with van der Waals surface area (Å²) in [5.41, 5.74) is 0. The number of esters is 3. The first-order valence-electron chi connectivity index (χ1n) is 24.1. The third kappa shape index (κ3) is 45.5. The Bertz CT molecular complexity index is 1170. The third-order valence-corrected chi connectivity index (χ3v) is 9.90. The van der Waals surface area contributed by atoms with Crippen LogP contribution in [-0.2, 0) is 28.6 Å². The first-order valence-corrected chi connectivity index (χ1v) is 24.1. The highest BCUT2D eigenvalue weighted by Gasteiger charge is 2.19. The number of rotatable bonds is 42. The average Bonchev–Trinajstić information content (AvgIpc) is 3.23. The molecule has 1 atom stereocenters. The van der Waals surface area contributed by atoms with E-state index in [1.54, 1.807) is 0 Å². The van der Waals surface area contributed by atoms with Crippen molar-refractivity contribution in [2.45, 2.75) is 219 Å². The third-order valence-electron chi connectivity index (χ3n) is 9.90. The lowest BCUT2D eigenvalue weighted by molar-refractivity contribution is -0.167. The van der Waals surface area contributed by atoms with Crippen LogP contribution in [0.15, 0.2) is 85.1 Å². The Morgan fingerprint density at radius 1 is 0.356 bits per heavy atom. The van der Waals surface area contributed by atoms with E-state index in [2.05, 4.69) is 106 Å². The minimum atomic E-state index is -0.806. The SMILES string of the molecule is CC/C=C\C/C=C\C/C=C\C/C=C\CCCCCC(=O)OCC(COC(=O)CCC/C=C\C/C=C\C/C=C\CC)OC(=O)CCCCCCCCCCCCCCCC. The number of unbranched alkanes of at least 4 members (excludes halogenated alkanes) is 17. The van der Waals surface area contributed by atoms with Gasteiger partial charge in [0, 0.05) is 19.3 Å². The molecule has 336 valence electrons. The van der Waals surface area contributed by atoms with Crippen molar-refractivity contribution in [3.8, 4) is 0 Å². The molecule has 0 aliphatic rings. The Hall–Kier alpha value is -3.41. The van der Waals surface area contributed by atoms with E-state index in [-0.39, 0.29) is 37.5 Å². The van der Waals surface area contributed by atoms with Gasteiger partial charge in [0.15, 0.2) is 6.10 Å². The zero-order chi connectivity index (χ0) is 43.0. The molecule has 0 heterocycles. The predicted octanol–water partition coefficient (Wildman–Crippen LogP) is 15.6. The number of hydrogen-bond acceptors (Lipinski definition) is 6. The fourth-order valence-electron chi connectivity index (χ4n) is 6.34. The summed E-state index contributed by atoms with van der Waals surface area (Å²) >= 11 is 0. The number of carbonyl (C=O) groups is 3. The summed E-state index contributed by atoms with van der Waals surface area (Å²) in [6, 6.07) is 0. The molecule has 6 heteroatoms. The van der Waals surface area contributed by atoms with Crippen molar-refractivity contribution < 1.29 is 28.6 Å². The second-order valence-corrected chi connectivity index (χ2v) is 15.6. The van der Waals surface area contributed by atoms with Crippen molar-refractivity contribution in [2.24, 2.45) is 0 Å². The second kappa shape index (κ2) is 47.3. The lowest BCUT2D eigenvalue weighted by atomic mass is 10.0. The predicted molar refractivity (Wildman–Crippen MR) is 251 cm³/mol. The fourth-order valence-corrected chi connectivity index (χ4v) is 6.34.